The molecule has 1 saturated heterocycles. The average molecular weight is 428 g/mol. The molecule has 0 aliphatic carbocycles. The van der Waals surface area contributed by atoms with Crippen molar-refractivity contribution < 1.29 is 13.2 Å². The van der Waals surface area contributed by atoms with E-state index >= 15 is 0 Å². The summed E-state index contributed by atoms with van der Waals surface area (Å²) in [5, 5.41) is 0. The molecule has 2 heterocycles. The van der Waals surface area contributed by atoms with Crippen LogP contribution in [0, 0.1) is 5.92 Å². The smallest absolute Gasteiger partial charge is 0.264 e. The minimum atomic E-state index is -3.71. The average Bonchev–Trinajstić information content (AvgIpc) is 3.18. The highest BCUT2D eigenvalue weighted by Crippen LogP contribution is 2.32. The quantitative estimate of drug-likeness (QED) is 0.736. The SMILES string of the molecule is CC(C)CN1CCN(C(=O)c2cccc(S(=O)(=O)N3CCc4ccccc43)c2)CC1. The standard InChI is InChI=1S/C23H29N3O3S/c1-18(2)17-24-12-14-25(15-13-24)23(27)20-7-5-8-21(16-20)30(28,29)26-11-10-19-6-3-4-9-22(19)26/h3-9,16,18H,10-15,17H2,1-2H3. The summed E-state index contributed by atoms with van der Waals surface area (Å²) in [5.74, 6) is 0.503. The zero-order chi connectivity index (χ0) is 21.3. The molecule has 2 aromatic rings. The van der Waals surface area contributed by atoms with Gasteiger partial charge in [0.1, 0.15) is 0 Å². The van der Waals surface area contributed by atoms with Crippen molar-refractivity contribution in [3.05, 3.63) is 59.7 Å². The monoisotopic (exact) mass is 427 g/mol. The van der Waals surface area contributed by atoms with Gasteiger partial charge in [-0.1, -0.05) is 38.1 Å². The molecule has 1 amide bonds. The molecule has 2 aliphatic heterocycles. The Hall–Kier alpha value is -2.38. The molecule has 2 aromatic carbocycles. The predicted molar refractivity (Wildman–Crippen MR) is 118 cm³/mol. The van der Waals surface area contributed by atoms with Crippen LogP contribution in [0.25, 0.3) is 0 Å². The molecule has 0 unspecified atom stereocenters. The summed E-state index contributed by atoms with van der Waals surface area (Å²) >= 11 is 0. The topological polar surface area (TPSA) is 60.9 Å². The Kier molecular flexibility index (Phi) is 5.84. The number of piperazine rings is 1. The number of carbonyl (C=O) groups is 1. The van der Waals surface area contributed by atoms with Crippen LogP contribution in [0.2, 0.25) is 0 Å². The number of rotatable bonds is 5. The van der Waals surface area contributed by atoms with Crippen molar-refractivity contribution in [2.75, 3.05) is 43.6 Å². The molecular weight excluding hydrogens is 398 g/mol. The normalized spacial score (nSPS) is 17.4. The molecule has 2 aliphatic rings. The van der Waals surface area contributed by atoms with Crippen LogP contribution in [0.1, 0.15) is 29.8 Å². The molecule has 6 nitrogen and oxygen atoms in total. The summed E-state index contributed by atoms with van der Waals surface area (Å²) in [6, 6.07) is 14.1. The van der Waals surface area contributed by atoms with E-state index < -0.39 is 10.0 Å². The van der Waals surface area contributed by atoms with Gasteiger partial charge in [-0.2, -0.15) is 0 Å². The first-order valence-corrected chi connectivity index (χ1v) is 12.0. The Morgan fingerprint density at radius 3 is 2.43 bits per heavy atom. The van der Waals surface area contributed by atoms with E-state index in [1.807, 2.05) is 29.2 Å². The van der Waals surface area contributed by atoms with E-state index in [-0.39, 0.29) is 10.8 Å². The lowest BCUT2D eigenvalue weighted by Crippen LogP contribution is -2.49. The van der Waals surface area contributed by atoms with Crippen LogP contribution in [0.3, 0.4) is 0 Å². The molecule has 0 aromatic heterocycles. The highest BCUT2D eigenvalue weighted by atomic mass is 32.2. The molecule has 0 bridgehead atoms. The zero-order valence-corrected chi connectivity index (χ0v) is 18.4. The summed E-state index contributed by atoms with van der Waals surface area (Å²) < 4.78 is 28.0. The van der Waals surface area contributed by atoms with E-state index in [1.54, 1.807) is 18.2 Å². The number of para-hydroxylation sites is 1. The zero-order valence-electron chi connectivity index (χ0n) is 17.6. The van der Waals surface area contributed by atoms with E-state index in [9.17, 15) is 13.2 Å². The van der Waals surface area contributed by atoms with Gasteiger partial charge in [0.15, 0.2) is 0 Å². The van der Waals surface area contributed by atoms with E-state index in [1.165, 1.54) is 10.4 Å². The molecule has 7 heteroatoms. The van der Waals surface area contributed by atoms with Crippen molar-refractivity contribution in [1.82, 2.24) is 9.80 Å². The molecule has 0 N–H and O–H groups in total. The van der Waals surface area contributed by atoms with Gasteiger partial charge in [-0.15, -0.1) is 0 Å². The Balaban J connectivity index is 1.51. The van der Waals surface area contributed by atoms with Gasteiger partial charge in [-0.3, -0.25) is 14.0 Å². The van der Waals surface area contributed by atoms with Gasteiger partial charge in [0, 0.05) is 44.8 Å². The second-order valence-electron chi connectivity index (χ2n) is 8.47. The minimum absolute atomic E-state index is 0.0990. The third-order valence-electron chi connectivity index (χ3n) is 5.80. The molecule has 0 radical (unpaired) electrons. The van der Waals surface area contributed by atoms with Crippen molar-refractivity contribution in [3.8, 4) is 0 Å². The van der Waals surface area contributed by atoms with Gasteiger partial charge in [0.2, 0.25) is 0 Å². The Morgan fingerprint density at radius 1 is 0.967 bits per heavy atom. The summed E-state index contributed by atoms with van der Waals surface area (Å²) in [6.45, 7) is 8.90. The number of hydrogen-bond acceptors (Lipinski definition) is 4. The second kappa shape index (κ2) is 8.40. The lowest BCUT2D eigenvalue weighted by molar-refractivity contribution is 0.0623. The van der Waals surface area contributed by atoms with Crippen LogP contribution in [0.15, 0.2) is 53.4 Å². The maximum absolute atomic E-state index is 13.3. The van der Waals surface area contributed by atoms with Crippen LogP contribution >= 0.6 is 0 Å². The maximum Gasteiger partial charge on any atom is 0.264 e. The highest BCUT2D eigenvalue weighted by Gasteiger charge is 2.31. The Labute approximate surface area is 179 Å². The first-order chi connectivity index (χ1) is 14.4. The largest absolute Gasteiger partial charge is 0.336 e. The molecule has 0 spiro atoms. The van der Waals surface area contributed by atoms with Crippen LogP contribution in [-0.2, 0) is 16.4 Å². The first kappa shape index (κ1) is 20.9. The Morgan fingerprint density at radius 2 is 1.70 bits per heavy atom. The van der Waals surface area contributed by atoms with E-state index in [4.69, 9.17) is 0 Å². The van der Waals surface area contributed by atoms with Crippen molar-refractivity contribution in [3.63, 3.8) is 0 Å². The second-order valence-corrected chi connectivity index (χ2v) is 10.3. The fourth-order valence-corrected chi connectivity index (χ4v) is 5.86. The van der Waals surface area contributed by atoms with Crippen molar-refractivity contribution in [2.24, 2.45) is 5.92 Å². The number of carbonyl (C=O) groups excluding carboxylic acids is 1. The summed E-state index contributed by atoms with van der Waals surface area (Å²) in [4.78, 5) is 17.4. The van der Waals surface area contributed by atoms with Crippen LogP contribution in [0.5, 0.6) is 0 Å². The lowest BCUT2D eigenvalue weighted by Gasteiger charge is -2.35. The third kappa shape index (κ3) is 4.09. The molecule has 1 fully saturated rings. The highest BCUT2D eigenvalue weighted by molar-refractivity contribution is 7.92. The van der Waals surface area contributed by atoms with Crippen LogP contribution in [-0.4, -0.2) is 63.4 Å². The predicted octanol–water partition coefficient (Wildman–Crippen LogP) is 2.85. The number of benzene rings is 2. The number of nitrogens with zero attached hydrogens (tertiary/aromatic N) is 3. The number of sulfonamides is 1. The summed E-state index contributed by atoms with van der Waals surface area (Å²) in [6.07, 6.45) is 0.703. The van der Waals surface area contributed by atoms with E-state index in [2.05, 4.69) is 18.7 Å². The number of anilines is 1. The third-order valence-corrected chi connectivity index (χ3v) is 7.61. The molecular formula is C23H29N3O3S. The van der Waals surface area contributed by atoms with Crippen molar-refractivity contribution >= 4 is 21.6 Å². The van der Waals surface area contributed by atoms with Crippen LogP contribution in [0.4, 0.5) is 5.69 Å². The van der Waals surface area contributed by atoms with E-state index in [0.29, 0.717) is 37.5 Å². The van der Waals surface area contributed by atoms with Gasteiger partial charge in [0.25, 0.3) is 15.9 Å². The Bertz CT molecular complexity index is 1030. The minimum Gasteiger partial charge on any atom is -0.336 e. The van der Waals surface area contributed by atoms with Crippen molar-refractivity contribution in [1.29, 1.82) is 0 Å². The molecule has 160 valence electrons. The summed E-state index contributed by atoms with van der Waals surface area (Å²) in [5.41, 5.74) is 2.20. The summed E-state index contributed by atoms with van der Waals surface area (Å²) in [7, 11) is -3.71. The van der Waals surface area contributed by atoms with Gasteiger partial charge >= 0.3 is 0 Å². The van der Waals surface area contributed by atoms with Gasteiger partial charge in [-0.25, -0.2) is 8.42 Å². The van der Waals surface area contributed by atoms with Crippen molar-refractivity contribution in [2.45, 2.75) is 25.2 Å². The fourth-order valence-electron chi connectivity index (χ4n) is 4.31. The van der Waals surface area contributed by atoms with Gasteiger partial charge in [-0.05, 0) is 42.2 Å². The maximum atomic E-state index is 13.3. The number of fused-ring (bicyclic) bond motifs is 1. The van der Waals surface area contributed by atoms with Crippen LogP contribution < -0.4 is 4.31 Å². The molecule has 30 heavy (non-hydrogen) atoms. The molecule has 0 atom stereocenters. The molecule has 0 saturated carbocycles. The number of amides is 1. The fraction of sp³-hybridized carbons (Fsp3) is 0.435. The van der Waals surface area contributed by atoms with E-state index in [0.717, 1.165) is 30.9 Å². The molecule has 4 rings (SSSR count). The first-order valence-electron chi connectivity index (χ1n) is 10.6. The van der Waals surface area contributed by atoms with Gasteiger partial charge in [0.05, 0.1) is 10.6 Å². The lowest BCUT2D eigenvalue weighted by atomic mass is 10.1. The number of hydrogen-bond donors (Lipinski definition) is 0. The van der Waals surface area contributed by atoms with Gasteiger partial charge < -0.3 is 4.90 Å².